The average molecular weight is 421 g/mol. The third kappa shape index (κ3) is 3.86. The number of fused-ring (bicyclic) bond motifs is 3. The maximum atomic E-state index is 12.5. The molecule has 3 nitrogen and oxygen atoms in total. The fourth-order valence-electron chi connectivity index (χ4n) is 3.35. The summed E-state index contributed by atoms with van der Waals surface area (Å²) in [6, 6.07) is 21.4. The topological polar surface area (TPSA) is 43.4 Å². The second kappa shape index (κ2) is 7.49. The summed E-state index contributed by atoms with van der Waals surface area (Å²) in [5.41, 5.74) is 6.19. The lowest BCUT2D eigenvalue weighted by Gasteiger charge is -2.07. The normalized spacial score (nSPS) is 11.6. The van der Waals surface area contributed by atoms with Gasteiger partial charge in [-0.25, -0.2) is 0 Å². The lowest BCUT2D eigenvalue weighted by atomic mass is 10.0. The largest absolute Gasteiger partial charge is 0.457 e. The van der Waals surface area contributed by atoms with Crippen LogP contribution in [0.1, 0.15) is 27.0 Å². The van der Waals surface area contributed by atoms with Gasteiger partial charge in [0, 0.05) is 10.0 Å². The summed E-state index contributed by atoms with van der Waals surface area (Å²) in [4.78, 5) is 24.5. The summed E-state index contributed by atoms with van der Waals surface area (Å²) in [6.07, 6.45) is 1.04. The van der Waals surface area contributed by atoms with Crippen LogP contribution in [0.2, 0.25) is 0 Å². The number of Topliss-reactive ketones (excluding diaryl/α,β-unsaturated/α-hetero) is 1. The Hall–Kier alpha value is -2.72. The highest BCUT2D eigenvalue weighted by atomic mass is 79.9. The van der Waals surface area contributed by atoms with Crippen molar-refractivity contribution >= 4 is 27.7 Å². The van der Waals surface area contributed by atoms with E-state index in [0.29, 0.717) is 5.56 Å². The van der Waals surface area contributed by atoms with Gasteiger partial charge >= 0.3 is 5.97 Å². The molecule has 3 aromatic carbocycles. The number of hydrogen-bond donors (Lipinski definition) is 0. The summed E-state index contributed by atoms with van der Waals surface area (Å²) in [6.45, 7) is -0.240. The Labute approximate surface area is 166 Å². The minimum atomic E-state index is -0.405. The van der Waals surface area contributed by atoms with E-state index in [2.05, 4.69) is 28.1 Å². The number of esters is 1. The lowest BCUT2D eigenvalue weighted by Crippen LogP contribution is -2.15. The molecule has 4 rings (SSSR count). The Kier molecular flexibility index (Phi) is 4.90. The van der Waals surface area contributed by atoms with Gasteiger partial charge in [0.1, 0.15) is 0 Å². The molecule has 0 fully saturated rings. The molecular formula is C23H17BrO3. The van der Waals surface area contributed by atoms with Crippen molar-refractivity contribution < 1.29 is 14.3 Å². The van der Waals surface area contributed by atoms with E-state index < -0.39 is 5.97 Å². The molecule has 0 aliphatic heterocycles. The molecule has 0 heterocycles. The van der Waals surface area contributed by atoms with Crippen LogP contribution in [0.25, 0.3) is 11.1 Å². The first-order chi connectivity index (χ1) is 13.1. The van der Waals surface area contributed by atoms with Gasteiger partial charge in [0.25, 0.3) is 0 Å². The van der Waals surface area contributed by atoms with Crippen molar-refractivity contribution in [3.05, 3.63) is 93.5 Å². The zero-order valence-corrected chi connectivity index (χ0v) is 16.2. The molecule has 0 saturated heterocycles. The van der Waals surface area contributed by atoms with Gasteiger partial charge in [-0.15, -0.1) is 0 Å². The third-order valence-electron chi connectivity index (χ3n) is 4.75. The molecule has 3 aromatic rings. The van der Waals surface area contributed by atoms with E-state index in [1.807, 2.05) is 54.6 Å². The van der Waals surface area contributed by atoms with Crippen LogP contribution in [0.5, 0.6) is 0 Å². The molecule has 0 saturated carbocycles. The van der Waals surface area contributed by atoms with Crippen molar-refractivity contribution in [2.24, 2.45) is 0 Å². The van der Waals surface area contributed by atoms with Crippen molar-refractivity contribution in [3.63, 3.8) is 0 Å². The first-order valence-electron chi connectivity index (χ1n) is 8.74. The van der Waals surface area contributed by atoms with Gasteiger partial charge in [-0.1, -0.05) is 64.5 Å². The minimum Gasteiger partial charge on any atom is -0.457 e. The molecule has 0 unspecified atom stereocenters. The molecule has 0 N–H and O–H groups in total. The number of carbonyl (C=O) groups excluding carboxylic acids is 2. The Bertz CT molecular complexity index is 1020. The number of carbonyl (C=O) groups is 2. The molecule has 0 atom stereocenters. The molecule has 1 aliphatic rings. The highest BCUT2D eigenvalue weighted by Gasteiger charge is 2.20. The number of halogens is 1. The quantitative estimate of drug-likeness (QED) is 0.337. The molecule has 27 heavy (non-hydrogen) atoms. The minimum absolute atomic E-state index is 0.151. The van der Waals surface area contributed by atoms with Gasteiger partial charge in [0.2, 0.25) is 0 Å². The van der Waals surface area contributed by atoms with Crippen LogP contribution in [-0.4, -0.2) is 18.4 Å². The summed E-state index contributed by atoms with van der Waals surface area (Å²) in [7, 11) is 0. The van der Waals surface area contributed by atoms with E-state index in [-0.39, 0.29) is 18.8 Å². The van der Waals surface area contributed by atoms with E-state index in [0.717, 1.165) is 22.0 Å². The lowest BCUT2D eigenvalue weighted by molar-refractivity contribution is -0.141. The summed E-state index contributed by atoms with van der Waals surface area (Å²) in [5, 5.41) is 0. The highest BCUT2D eigenvalue weighted by Crippen LogP contribution is 2.36. The van der Waals surface area contributed by atoms with E-state index >= 15 is 0 Å². The zero-order valence-electron chi connectivity index (χ0n) is 14.6. The number of ketones is 1. The van der Waals surface area contributed by atoms with Crippen LogP contribution >= 0.6 is 15.9 Å². The highest BCUT2D eigenvalue weighted by molar-refractivity contribution is 9.10. The number of ether oxygens (including phenoxy) is 1. The van der Waals surface area contributed by atoms with Crippen molar-refractivity contribution in [1.82, 2.24) is 0 Å². The number of benzene rings is 3. The second-order valence-electron chi connectivity index (χ2n) is 6.59. The maximum Gasteiger partial charge on any atom is 0.310 e. The fourth-order valence-corrected chi connectivity index (χ4v) is 3.61. The Balaban J connectivity index is 1.41. The average Bonchev–Trinajstić information content (AvgIpc) is 3.06. The molecule has 0 radical (unpaired) electrons. The Morgan fingerprint density at radius 2 is 1.63 bits per heavy atom. The second-order valence-corrected chi connectivity index (χ2v) is 7.51. The van der Waals surface area contributed by atoms with Crippen molar-refractivity contribution in [2.45, 2.75) is 12.8 Å². The SMILES string of the molecule is O=C(Cc1ccc(Br)cc1)OCC(=O)c1ccc2c(c1)-c1ccccc1C2. The summed E-state index contributed by atoms with van der Waals surface area (Å²) >= 11 is 3.36. The van der Waals surface area contributed by atoms with Gasteiger partial charge in [0.15, 0.2) is 12.4 Å². The van der Waals surface area contributed by atoms with Crippen molar-refractivity contribution in [1.29, 1.82) is 0 Å². The van der Waals surface area contributed by atoms with Crippen LogP contribution in [-0.2, 0) is 22.4 Å². The van der Waals surface area contributed by atoms with E-state index in [1.54, 1.807) is 0 Å². The van der Waals surface area contributed by atoms with Gasteiger partial charge < -0.3 is 4.74 Å². The maximum absolute atomic E-state index is 12.5. The summed E-state index contributed by atoms with van der Waals surface area (Å²) < 4.78 is 6.13. The van der Waals surface area contributed by atoms with E-state index in [9.17, 15) is 9.59 Å². The number of rotatable bonds is 5. The zero-order chi connectivity index (χ0) is 18.8. The standard InChI is InChI=1S/C23H17BrO3/c24-19-9-5-15(6-10-19)11-23(26)27-14-22(25)18-8-7-17-12-16-3-1-2-4-20(16)21(17)13-18/h1-10,13H,11-12,14H2. The molecular weight excluding hydrogens is 404 g/mol. The monoisotopic (exact) mass is 420 g/mol. The van der Waals surface area contributed by atoms with Gasteiger partial charge in [-0.3, -0.25) is 9.59 Å². The number of hydrogen-bond acceptors (Lipinski definition) is 3. The molecule has 0 aromatic heterocycles. The van der Waals surface area contributed by atoms with E-state index in [1.165, 1.54) is 16.7 Å². The molecule has 134 valence electrons. The van der Waals surface area contributed by atoms with Crippen LogP contribution in [0, 0.1) is 0 Å². The Morgan fingerprint density at radius 3 is 2.44 bits per heavy atom. The first kappa shape index (κ1) is 17.7. The molecule has 1 aliphatic carbocycles. The Morgan fingerprint density at radius 1 is 0.889 bits per heavy atom. The predicted molar refractivity (Wildman–Crippen MR) is 108 cm³/mol. The smallest absolute Gasteiger partial charge is 0.310 e. The van der Waals surface area contributed by atoms with Crippen LogP contribution < -0.4 is 0 Å². The van der Waals surface area contributed by atoms with Crippen molar-refractivity contribution in [3.8, 4) is 11.1 Å². The van der Waals surface area contributed by atoms with Gasteiger partial charge in [-0.2, -0.15) is 0 Å². The van der Waals surface area contributed by atoms with Gasteiger partial charge in [0.05, 0.1) is 6.42 Å². The van der Waals surface area contributed by atoms with Crippen LogP contribution in [0.4, 0.5) is 0 Å². The van der Waals surface area contributed by atoms with Crippen LogP contribution in [0.3, 0.4) is 0 Å². The molecule has 0 amide bonds. The fraction of sp³-hybridized carbons (Fsp3) is 0.130. The van der Waals surface area contributed by atoms with Gasteiger partial charge in [-0.05, 0) is 52.4 Å². The predicted octanol–water partition coefficient (Wildman–Crippen LogP) is 4.99. The summed E-state index contributed by atoms with van der Waals surface area (Å²) in [5.74, 6) is -0.594. The molecule has 0 spiro atoms. The molecule has 0 bridgehead atoms. The molecule has 4 heteroatoms. The van der Waals surface area contributed by atoms with E-state index in [4.69, 9.17) is 4.74 Å². The third-order valence-corrected chi connectivity index (χ3v) is 5.27. The first-order valence-corrected chi connectivity index (χ1v) is 9.54. The van der Waals surface area contributed by atoms with Crippen LogP contribution in [0.15, 0.2) is 71.2 Å². The van der Waals surface area contributed by atoms with Crippen molar-refractivity contribution in [2.75, 3.05) is 6.61 Å².